The van der Waals surface area contributed by atoms with E-state index in [1.807, 2.05) is 18.3 Å². The first-order chi connectivity index (χ1) is 15.8. The summed E-state index contributed by atoms with van der Waals surface area (Å²) in [5, 5.41) is 0. The molecular weight excluding hydrogens is 483 g/mol. The maximum Gasteiger partial charge on any atom is 0.133 e. The fraction of sp³-hybridized carbons (Fsp3) is 0.269. The van der Waals surface area contributed by atoms with E-state index < -0.39 is 0 Å². The van der Waals surface area contributed by atoms with E-state index >= 15 is 0 Å². The fourth-order valence-electron chi connectivity index (χ4n) is 3.56. The number of anilines is 1. The molecule has 3 heterocycles. The van der Waals surface area contributed by atoms with Gasteiger partial charge in [0.25, 0.3) is 0 Å². The van der Waals surface area contributed by atoms with Crippen LogP contribution in [0.5, 0.6) is 0 Å². The molecule has 0 amide bonds. The van der Waals surface area contributed by atoms with Crippen LogP contribution in [0.3, 0.4) is 0 Å². The number of benzene rings is 1. The van der Waals surface area contributed by atoms with E-state index in [0.29, 0.717) is 13.2 Å². The van der Waals surface area contributed by atoms with Crippen molar-refractivity contribution in [2.75, 3.05) is 11.4 Å². The molecule has 1 aromatic carbocycles. The second-order valence-electron chi connectivity index (χ2n) is 8.37. The van der Waals surface area contributed by atoms with Crippen molar-refractivity contribution in [2.45, 2.75) is 40.2 Å². The van der Waals surface area contributed by atoms with Crippen LogP contribution in [-0.2, 0) is 11.3 Å². The zero-order valence-corrected chi connectivity index (χ0v) is 20.7. The lowest BCUT2D eigenvalue weighted by Gasteiger charge is -2.31. The van der Waals surface area contributed by atoms with Gasteiger partial charge in [0.1, 0.15) is 24.0 Å². The minimum atomic E-state index is -0.252. The smallest absolute Gasteiger partial charge is 0.133 e. The largest absolute Gasteiger partial charge is 0.488 e. The Hall–Kier alpha value is -3.06. The summed E-state index contributed by atoms with van der Waals surface area (Å²) in [6, 6.07) is 10.3. The van der Waals surface area contributed by atoms with Crippen molar-refractivity contribution < 1.29 is 9.13 Å². The molecule has 7 heteroatoms. The van der Waals surface area contributed by atoms with Crippen LogP contribution in [0.2, 0.25) is 0 Å². The Labute approximate surface area is 202 Å². The van der Waals surface area contributed by atoms with E-state index in [2.05, 4.69) is 64.6 Å². The second kappa shape index (κ2) is 9.83. The quantitative estimate of drug-likeness (QED) is 0.372. The van der Waals surface area contributed by atoms with Crippen molar-refractivity contribution in [3.05, 3.63) is 93.6 Å². The van der Waals surface area contributed by atoms with Gasteiger partial charge in [-0.05, 0) is 65.2 Å². The van der Waals surface area contributed by atoms with Crippen molar-refractivity contribution in [1.82, 2.24) is 15.0 Å². The molecule has 0 N–H and O–H groups in total. The first kappa shape index (κ1) is 23.1. The fourth-order valence-corrected chi connectivity index (χ4v) is 4.04. The molecule has 1 aliphatic rings. The van der Waals surface area contributed by atoms with Gasteiger partial charge in [0, 0.05) is 35.8 Å². The van der Waals surface area contributed by atoms with Gasteiger partial charge in [0.05, 0.1) is 22.4 Å². The number of ether oxygens (including phenoxy) is 1. The molecule has 3 aromatic rings. The summed E-state index contributed by atoms with van der Waals surface area (Å²) in [6.45, 7) is 9.27. The zero-order chi connectivity index (χ0) is 23.5. The van der Waals surface area contributed by atoms with E-state index in [0.717, 1.165) is 50.0 Å². The molecule has 2 aromatic heterocycles. The molecule has 0 bridgehead atoms. The van der Waals surface area contributed by atoms with Crippen LogP contribution in [0.15, 0.2) is 70.8 Å². The molecule has 0 fully saturated rings. The molecule has 1 aliphatic heterocycles. The summed E-state index contributed by atoms with van der Waals surface area (Å²) in [5.41, 5.74) is 5.72. The third-order valence-corrected chi connectivity index (χ3v) is 6.10. The molecule has 5 nitrogen and oxygen atoms in total. The van der Waals surface area contributed by atoms with Crippen LogP contribution >= 0.6 is 15.9 Å². The van der Waals surface area contributed by atoms with Crippen molar-refractivity contribution >= 4 is 21.6 Å². The predicted molar refractivity (Wildman–Crippen MR) is 132 cm³/mol. The Kier molecular flexibility index (Phi) is 6.88. The highest BCUT2D eigenvalue weighted by Crippen LogP contribution is 2.33. The molecule has 0 spiro atoms. The molecule has 33 heavy (non-hydrogen) atoms. The third-order valence-electron chi connectivity index (χ3n) is 5.46. The highest BCUT2D eigenvalue weighted by molar-refractivity contribution is 9.11. The normalized spacial score (nSPS) is 14.0. The molecule has 170 valence electrons. The van der Waals surface area contributed by atoms with Crippen LogP contribution in [-0.4, -0.2) is 21.5 Å². The van der Waals surface area contributed by atoms with E-state index in [-0.39, 0.29) is 11.7 Å². The molecule has 0 aliphatic carbocycles. The Morgan fingerprint density at radius 2 is 1.85 bits per heavy atom. The maximum absolute atomic E-state index is 13.1. The van der Waals surface area contributed by atoms with Gasteiger partial charge in [-0.3, -0.25) is 4.98 Å². The monoisotopic (exact) mass is 508 g/mol. The Morgan fingerprint density at radius 3 is 2.58 bits per heavy atom. The standard InChI is InChI=1S/C26H26BrFN4O/c1-16(2)26-29-10-9-22(31-26)23-12-24(17(3)13-30-23)32-14-21(27)25(11-18(32)4)33-15-19-5-7-20(28)8-6-19/h5-13,16H,14-15H2,1-4H3. The number of hydrogen-bond acceptors (Lipinski definition) is 5. The topological polar surface area (TPSA) is 51.1 Å². The molecular formula is C26H26BrFN4O. The Balaban J connectivity index is 1.56. The number of halogens is 2. The number of allylic oxidation sites excluding steroid dienone is 2. The summed E-state index contributed by atoms with van der Waals surface area (Å²) in [4.78, 5) is 15.9. The first-order valence-corrected chi connectivity index (χ1v) is 11.6. The lowest BCUT2D eigenvalue weighted by molar-refractivity contribution is 0.208. The van der Waals surface area contributed by atoms with Gasteiger partial charge in [-0.25, -0.2) is 14.4 Å². The van der Waals surface area contributed by atoms with Gasteiger partial charge in [0.2, 0.25) is 0 Å². The van der Waals surface area contributed by atoms with Crippen molar-refractivity contribution in [2.24, 2.45) is 0 Å². The van der Waals surface area contributed by atoms with Gasteiger partial charge in [0.15, 0.2) is 0 Å². The van der Waals surface area contributed by atoms with Crippen LogP contribution in [0.4, 0.5) is 10.1 Å². The number of aromatic nitrogens is 3. The van der Waals surface area contributed by atoms with E-state index in [1.54, 1.807) is 18.3 Å². The summed E-state index contributed by atoms with van der Waals surface area (Å²) in [5.74, 6) is 1.57. The lowest BCUT2D eigenvalue weighted by atomic mass is 10.1. The average Bonchev–Trinajstić information content (AvgIpc) is 2.81. The summed E-state index contributed by atoms with van der Waals surface area (Å²) in [7, 11) is 0. The summed E-state index contributed by atoms with van der Waals surface area (Å²) >= 11 is 3.69. The van der Waals surface area contributed by atoms with Crippen LogP contribution in [0, 0.1) is 12.7 Å². The van der Waals surface area contributed by atoms with Crippen LogP contribution in [0.25, 0.3) is 11.4 Å². The van der Waals surface area contributed by atoms with E-state index in [4.69, 9.17) is 9.72 Å². The molecule has 0 saturated carbocycles. The minimum absolute atomic E-state index is 0.247. The number of pyridine rings is 1. The average molecular weight is 509 g/mol. The number of rotatable bonds is 6. The van der Waals surface area contributed by atoms with Gasteiger partial charge in [-0.2, -0.15) is 0 Å². The minimum Gasteiger partial charge on any atom is -0.488 e. The maximum atomic E-state index is 13.1. The van der Waals surface area contributed by atoms with Gasteiger partial charge in [-0.1, -0.05) is 26.0 Å². The molecule has 0 radical (unpaired) electrons. The van der Waals surface area contributed by atoms with E-state index in [9.17, 15) is 4.39 Å². The predicted octanol–water partition coefficient (Wildman–Crippen LogP) is 6.66. The van der Waals surface area contributed by atoms with Crippen molar-refractivity contribution in [3.63, 3.8) is 0 Å². The van der Waals surface area contributed by atoms with Crippen LogP contribution in [0.1, 0.15) is 43.6 Å². The van der Waals surface area contributed by atoms with Gasteiger partial charge in [-0.15, -0.1) is 0 Å². The zero-order valence-electron chi connectivity index (χ0n) is 19.1. The van der Waals surface area contributed by atoms with Crippen molar-refractivity contribution in [1.29, 1.82) is 0 Å². The lowest BCUT2D eigenvalue weighted by Crippen LogP contribution is -2.27. The molecule has 0 saturated heterocycles. The Bertz CT molecular complexity index is 1220. The number of nitrogens with zero attached hydrogens (tertiary/aromatic N) is 4. The third kappa shape index (κ3) is 5.30. The van der Waals surface area contributed by atoms with E-state index in [1.165, 1.54) is 12.1 Å². The SMILES string of the molecule is CC1=CC(OCc2ccc(F)cc2)=C(Br)CN1c1cc(-c2ccnc(C(C)C)n2)ncc1C. The molecule has 4 rings (SSSR count). The van der Waals surface area contributed by atoms with Gasteiger partial charge >= 0.3 is 0 Å². The highest BCUT2D eigenvalue weighted by Gasteiger charge is 2.21. The summed E-state index contributed by atoms with van der Waals surface area (Å²) < 4.78 is 20.1. The Morgan fingerprint density at radius 1 is 1.09 bits per heavy atom. The molecule has 0 atom stereocenters. The first-order valence-electron chi connectivity index (χ1n) is 10.8. The van der Waals surface area contributed by atoms with Crippen LogP contribution < -0.4 is 4.90 Å². The van der Waals surface area contributed by atoms with Gasteiger partial charge < -0.3 is 9.64 Å². The second-order valence-corrected chi connectivity index (χ2v) is 9.32. The number of hydrogen-bond donors (Lipinski definition) is 0. The molecule has 0 unspecified atom stereocenters. The van der Waals surface area contributed by atoms with Crippen molar-refractivity contribution in [3.8, 4) is 11.4 Å². The summed E-state index contributed by atoms with van der Waals surface area (Å²) in [6.07, 6.45) is 5.68. The highest BCUT2D eigenvalue weighted by atomic mass is 79.9. The number of aryl methyl sites for hydroxylation is 1.